The first-order chi connectivity index (χ1) is 13.5. The highest BCUT2D eigenvalue weighted by Crippen LogP contribution is 2.36. The van der Waals surface area contributed by atoms with Crippen molar-refractivity contribution in [3.05, 3.63) is 39.9 Å². The molecule has 8 heteroatoms. The van der Waals surface area contributed by atoms with E-state index >= 15 is 0 Å². The fourth-order valence-corrected chi connectivity index (χ4v) is 4.57. The summed E-state index contributed by atoms with van der Waals surface area (Å²) in [7, 11) is 3.95. The van der Waals surface area contributed by atoms with Gasteiger partial charge in [0.05, 0.1) is 23.5 Å². The summed E-state index contributed by atoms with van der Waals surface area (Å²) >= 11 is 1.72. The van der Waals surface area contributed by atoms with Crippen LogP contribution >= 0.6 is 11.3 Å². The van der Waals surface area contributed by atoms with Crippen molar-refractivity contribution >= 4 is 17.3 Å². The first kappa shape index (κ1) is 19.0. The topological polar surface area (TPSA) is 71.2 Å². The van der Waals surface area contributed by atoms with Crippen molar-refractivity contribution in [2.45, 2.75) is 39.2 Å². The minimum absolute atomic E-state index is 0.346. The Morgan fingerprint density at radius 2 is 2.14 bits per heavy atom. The van der Waals surface area contributed by atoms with E-state index in [0.717, 1.165) is 66.7 Å². The number of likely N-dealkylation sites (tertiary alicyclic amines) is 1. The molecule has 3 aromatic rings. The fraction of sp³-hybridized carbons (Fsp3) is 0.500. The monoisotopic (exact) mass is 398 g/mol. The number of anilines is 1. The van der Waals surface area contributed by atoms with Crippen LogP contribution in [-0.2, 0) is 6.54 Å². The van der Waals surface area contributed by atoms with E-state index in [-0.39, 0.29) is 0 Å². The molecule has 0 saturated carbocycles. The third kappa shape index (κ3) is 3.79. The second kappa shape index (κ2) is 7.97. The van der Waals surface area contributed by atoms with Crippen LogP contribution in [0, 0.1) is 13.8 Å². The summed E-state index contributed by atoms with van der Waals surface area (Å²) in [4.78, 5) is 18.4. The number of piperidine rings is 1. The van der Waals surface area contributed by atoms with Crippen LogP contribution in [0.2, 0.25) is 0 Å². The van der Waals surface area contributed by atoms with E-state index in [2.05, 4.69) is 20.0 Å². The molecule has 1 fully saturated rings. The van der Waals surface area contributed by atoms with Gasteiger partial charge in [0.2, 0.25) is 5.95 Å². The fourth-order valence-electron chi connectivity index (χ4n) is 3.92. The maximum atomic E-state index is 5.43. The van der Waals surface area contributed by atoms with Crippen molar-refractivity contribution in [3.8, 4) is 11.1 Å². The predicted octanol–water partition coefficient (Wildman–Crippen LogP) is 3.65. The van der Waals surface area contributed by atoms with Crippen LogP contribution in [0.5, 0.6) is 0 Å². The van der Waals surface area contributed by atoms with Crippen LogP contribution in [0.15, 0.2) is 22.3 Å². The number of aryl methyl sites for hydroxylation is 2. The molecule has 0 N–H and O–H groups in total. The largest absolute Gasteiger partial charge is 0.361 e. The molecule has 0 unspecified atom stereocenters. The average Bonchev–Trinajstić information content (AvgIpc) is 3.31. The van der Waals surface area contributed by atoms with Gasteiger partial charge >= 0.3 is 0 Å². The minimum Gasteiger partial charge on any atom is -0.361 e. The lowest BCUT2D eigenvalue weighted by molar-refractivity contribution is 0.198. The SMILES string of the molecule is Cc1noc(C)c1-c1cnc(N(C)C)nc1[C@H]1CCCN(Cc2nccs2)C1. The summed E-state index contributed by atoms with van der Waals surface area (Å²) in [6.07, 6.45) is 6.09. The van der Waals surface area contributed by atoms with Gasteiger partial charge in [-0.05, 0) is 33.2 Å². The first-order valence-electron chi connectivity index (χ1n) is 9.61. The highest BCUT2D eigenvalue weighted by atomic mass is 32.1. The van der Waals surface area contributed by atoms with E-state index < -0.39 is 0 Å². The summed E-state index contributed by atoms with van der Waals surface area (Å²) < 4.78 is 5.43. The van der Waals surface area contributed by atoms with Gasteiger partial charge in [0.1, 0.15) is 10.8 Å². The summed E-state index contributed by atoms with van der Waals surface area (Å²) in [6.45, 7) is 6.91. The molecule has 0 radical (unpaired) electrons. The van der Waals surface area contributed by atoms with Crippen molar-refractivity contribution < 1.29 is 4.52 Å². The van der Waals surface area contributed by atoms with Crippen LogP contribution < -0.4 is 4.90 Å². The molecule has 0 aliphatic carbocycles. The van der Waals surface area contributed by atoms with E-state index in [1.807, 2.05) is 50.6 Å². The molecule has 0 amide bonds. The van der Waals surface area contributed by atoms with Crippen molar-refractivity contribution in [3.63, 3.8) is 0 Å². The van der Waals surface area contributed by atoms with E-state index in [1.54, 1.807) is 11.3 Å². The maximum absolute atomic E-state index is 5.43. The van der Waals surface area contributed by atoms with Gasteiger partial charge in [0.25, 0.3) is 0 Å². The molecule has 4 heterocycles. The van der Waals surface area contributed by atoms with Gasteiger partial charge in [-0.2, -0.15) is 0 Å². The van der Waals surface area contributed by atoms with Crippen molar-refractivity contribution in [1.29, 1.82) is 0 Å². The van der Waals surface area contributed by atoms with Gasteiger partial charge in [-0.25, -0.2) is 15.0 Å². The summed E-state index contributed by atoms with van der Waals surface area (Å²) in [5.41, 5.74) is 4.05. The number of rotatable bonds is 5. The molecule has 0 spiro atoms. The standard InChI is InChI=1S/C20H26N6OS/c1-13-18(14(2)27-24-13)16-10-22-20(25(3)4)23-19(16)15-6-5-8-26(11-15)12-17-21-7-9-28-17/h7,9-10,15H,5-6,8,11-12H2,1-4H3/t15-/m0/s1. The lowest BCUT2D eigenvalue weighted by Crippen LogP contribution is -2.34. The number of aromatic nitrogens is 4. The Morgan fingerprint density at radius 1 is 1.29 bits per heavy atom. The molecule has 7 nitrogen and oxygen atoms in total. The number of hydrogen-bond donors (Lipinski definition) is 0. The molecule has 0 bridgehead atoms. The zero-order valence-corrected chi connectivity index (χ0v) is 17.7. The molecule has 4 rings (SSSR count). The van der Waals surface area contributed by atoms with Crippen molar-refractivity contribution in [2.24, 2.45) is 0 Å². The van der Waals surface area contributed by atoms with Crippen LogP contribution in [0.1, 0.15) is 40.9 Å². The van der Waals surface area contributed by atoms with Crippen LogP contribution in [-0.4, -0.2) is 52.2 Å². The second-order valence-corrected chi connectivity index (χ2v) is 8.54. The number of nitrogens with zero attached hydrogens (tertiary/aromatic N) is 6. The van der Waals surface area contributed by atoms with E-state index in [1.165, 1.54) is 5.01 Å². The average molecular weight is 399 g/mol. The molecular formula is C20H26N6OS. The van der Waals surface area contributed by atoms with Gasteiger partial charge in [0.15, 0.2) is 0 Å². The smallest absolute Gasteiger partial charge is 0.225 e. The Kier molecular flexibility index (Phi) is 5.41. The molecule has 1 saturated heterocycles. The zero-order valence-electron chi connectivity index (χ0n) is 16.8. The number of thiazole rings is 1. The highest BCUT2D eigenvalue weighted by molar-refractivity contribution is 7.09. The van der Waals surface area contributed by atoms with E-state index in [9.17, 15) is 0 Å². The third-order valence-corrected chi connectivity index (χ3v) is 6.01. The Bertz CT molecular complexity index is 917. The van der Waals surface area contributed by atoms with Gasteiger partial charge in [-0.15, -0.1) is 11.3 Å². The quantitative estimate of drug-likeness (QED) is 0.649. The molecule has 3 aromatic heterocycles. The Labute approximate surface area is 169 Å². The summed E-state index contributed by atoms with van der Waals surface area (Å²) in [6, 6.07) is 0. The van der Waals surface area contributed by atoms with Crippen LogP contribution in [0.4, 0.5) is 5.95 Å². The molecule has 28 heavy (non-hydrogen) atoms. The maximum Gasteiger partial charge on any atom is 0.225 e. The lowest BCUT2D eigenvalue weighted by atomic mass is 9.89. The highest BCUT2D eigenvalue weighted by Gasteiger charge is 2.28. The van der Waals surface area contributed by atoms with Crippen LogP contribution in [0.25, 0.3) is 11.1 Å². The Hall–Kier alpha value is -2.32. The minimum atomic E-state index is 0.346. The normalized spacial score (nSPS) is 17.8. The van der Waals surface area contributed by atoms with Crippen molar-refractivity contribution in [2.75, 3.05) is 32.1 Å². The Morgan fingerprint density at radius 3 is 2.82 bits per heavy atom. The van der Waals surface area contributed by atoms with E-state index in [4.69, 9.17) is 9.51 Å². The van der Waals surface area contributed by atoms with E-state index in [0.29, 0.717) is 5.92 Å². The molecule has 148 valence electrons. The van der Waals surface area contributed by atoms with Gasteiger partial charge in [-0.3, -0.25) is 4.90 Å². The zero-order chi connectivity index (χ0) is 19.7. The second-order valence-electron chi connectivity index (χ2n) is 7.56. The Balaban J connectivity index is 1.69. The summed E-state index contributed by atoms with van der Waals surface area (Å²) in [5, 5.41) is 7.35. The van der Waals surface area contributed by atoms with Gasteiger partial charge in [-0.1, -0.05) is 5.16 Å². The molecular weight excluding hydrogens is 372 g/mol. The van der Waals surface area contributed by atoms with Gasteiger partial charge < -0.3 is 9.42 Å². The molecule has 1 aliphatic heterocycles. The lowest BCUT2D eigenvalue weighted by Gasteiger charge is -2.33. The molecule has 0 aromatic carbocycles. The third-order valence-electron chi connectivity index (χ3n) is 5.24. The predicted molar refractivity (Wildman–Crippen MR) is 111 cm³/mol. The number of hydrogen-bond acceptors (Lipinski definition) is 8. The summed E-state index contributed by atoms with van der Waals surface area (Å²) in [5.74, 6) is 1.90. The molecule has 1 atom stereocenters. The van der Waals surface area contributed by atoms with Gasteiger partial charge in [0, 0.05) is 49.9 Å². The molecule has 1 aliphatic rings. The van der Waals surface area contributed by atoms with Crippen molar-refractivity contribution in [1.82, 2.24) is 25.0 Å². The van der Waals surface area contributed by atoms with Crippen LogP contribution in [0.3, 0.4) is 0 Å². The first-order valence-corrected chi connectivity index (χ1v) is 10.5.